The van der Waals surface area contributed by atoms with Gasteiger partial charge in [0.05, 0.1) is 4.90 Å². The van der Waals surface area contributed by atoms with Gasteiger partial charge in [-0.2, -0.15) is 14.0 Å². The van der Waals surface area contributed by atoms with Gasteiger partial charge >= 0.3 is 0 Å². The molecule has 0 spiro atoms. The fourth-order valence-corrected chi connectivity index (χ4v) is 2.74. The van der Waals surface area contributed by atoms with Gasteiger partial charge in [0.15, 0.2) is 0 Å². The first-order valence-corrected chi connectivity index (χ1v) is 9.84. The number of nitrogens with one attached hydrogen (secondary N) is 1. The summed E-state index contributed by atoms with van der Waals surface area (Å²) in [6.45, 7) is 9.75. The topological polar surface area (TPSA) is 72.9 Å². The van der Waals surface area contributed by atoms with Gasteiger partial charge in [0, 0.05) is 25.8 Å². The molecule has 0 aliphatic carbocycles. The third-order valence-corrected chi connectivity index (χ3v) is 4.49. The van der Waals surface area contributed by atoms with E-state index < -0.39 is 10.1 Å². The zero-order valence-electron chi connectivity index (χ0n) is 14.8. The van der Waals surface area contributed by atoms with Crippen molar-refractivity contribution in [3.63, 3.8) is 0 Å². The van der Waals surface area contributed by atoms with E-state index in [2.05, 4.69) is 42.5 Å². The second-order valence-electron chi connectivity index (χ2n) is 5.58. The van der Waals surface area contributed by atoms with Crippen LogP contribution < -0.4 is 5.53 Å². The van der Waals surface area contributed by atoms with Crippen LogP contribution in [-0.4, -0.2) is 42.6 Å². The van der Waals surface area contributed by atoms with E-state index in [-0.39, 0.29) is 4.90 Å². The van der Waals surface area contributed by atoms with Crippen molar-refractivity contribution < 1.29 is 13.0 Å². The van der Waals surface area contributed by atoms with Crippen LogP contribution in [0.3, 0.4) is 0 Å². The molecule has 1 aliphatic heterocycles. The maximum absolute atomic E-state index is 10.4. The minimum absolute atomic E-state index is 0.0741. The normalized spacial score (nSPS) is 15.5. The molecule has 1 aromatic rings. The number of likely N-dealkylation sites (N-methyl/N-ethyl adjacent to an activating group) is 1. The summed E-state index contributed by atoms with van der Waals surface area (Å²) in [6.07, 6.45) is 6.09. The van der Waals surface area contributed by atoms with Gasteiger partial charge in [0.2, 0.25) is 0 Å². The minimum atomic E-state index is -4.00. The zero-order chi connectivity index (χ0) is 18.0. The first kappa shape index (κ1) is 20.6. The van der Waals surface area contributed by atoms with E-state index in [1.165, 1.54) is 31.4 Å². The first-order chi connectivity index (χ1) is 11.4. The Labute approximate surface area is 145 Å². The van der Waals surface area contributed by atoms with Crippen molar-refractivity contribution in [2.45, 2.75) is 44.9 Å². The monoisotopic (exact) mass is 355 g/mol. The summed E-state index contributed by atoms with van der Waals surface area (Å²) in [5.41, 5.74) is 4.90. The molecule has 0 bridgehead atoms. The van der Waals surface area contributed by atoms with Crippen molar-refractivity contribution in [1.82, 2.24) is 15.6 Å². The lowest BCUT2D eigenvalue weighted by atomic mass is 10.1. The second kappa shape index (κ2) is 10.5. The number of unbranched alkanes of at least 4 members (excludes halogenated alkanes) is 1. The number of nitrogens with zero attached hydrogens (tertiary/aromatic N) is 2. The van der Waals surface area contributed by atoms with Gasteiger partial charge in [-0.05, 0) is 37.5 Å². The van der Waals surface area contributed by atoms with Crippen LogP contribution in [-0.2, 0) is 10.1 Å². The molecule has 1 aliphatic rings. The van der Waals surface area contributed by atoms with Crippen molar-refractivity contribution in [1.29, 1.82) is 0 Å². The molecule has 2 N–H and O–H groups in total. The van der Waals surface area contributed by atoms with Crippen LogP contribution in [0.15, 0.2) is 47.0 Å². The van der Waals surface area contributed by atoms with E-state index in [1.54, 1.807) is 23.8 Å². The zero-order valence-corrected chi connectivity index (χ0v) is 15.6. The van der Waals surface area contributed by atoms with Crippen LogP contribution in [0.25, 0.3) is 0 Å². The van der Waals surface area contributed by atoms with Crippen molar-refractivity contribution in [3.8, 4) is 0 Å². The molecule has 0 saturated carbocycles. The summed E-state index contributed by atoms with van der Waals surface area (Å²) in [5, 5.41) is 4.42. The number of hydrazine groups is 2. The molecule has 136 valence electrons. The average molecular weight is 356 g/mol. The lowest BCUT2D eigenvalue weighted by Crippen LogP contribution is -2.51. The summed E-state index contributed by atoms with van der Waals surface area (Å²) in [6, 6.07) is 7.42. The molecule has 0 unspecified atom stereocenters. The standard InChI is InChI=1S/C11H23N3.C6H6O3S/c1-4-7-8-11-9-13(5-2)12-14(6-3)10-11;7-10(8,9)6-4-2-1-3-5-6/h9,12H,4-8,10H2,1-3H3;1-5H,(H,7,8,9). The molecule has 1 heterocycles. The number of hydrogen-bond acceptors (Lipinski definition) is 5. The quantitative estimate of drug-likeness (QED) is 0.764. The van der Waals surface area contributed by atoms with Crippen LogP contribution in [0.1, 0.15) is 40.0 Å². The Morgan fingerprint density at radius 3 is 2.25 bits per heavy atom. The van der Waals surface area contributed by atoms with Crippen LogP contribution in [0.2, 0.25) is 0 Å². The Hall–Kier alpha value is -1.41. The molecule has 2 rings (SSSR count). The molecular formula is C17H29N3O3S. The van der Waals surface area contributed by atoms with Crippen LogP contribution in [0, 0.1) is 0 Å². The summed E-state index contributed by atoms with van der Waals surface area (Å²) in [4.78, 5) is -0.0741. The van der Waals surface area contributed by atoms with Gasteiger partial charge < -0.3 is 5.01 Å². The maximum Gasteiger partial charge on any atom is 0.294 e. The van der Waals surface area contributed by atoms with Gasteiger partial charge in [-0.1, -0.05) is 38.5 Å². The summed E-state index contributed by atoms with van der Waals surface area (Å²) < 4.78 is 29.2. The summed E-state index contributed by atoms with van der Waals surface area (Å²) in [7, 11) is -4.00. The SMILES string of the molecule is CCCCC1=CN(CC)NN(CC)C1.O=S(=O)(O)c1ccccc1. The van der Waals surface area contributed by atoms with E-state index in [4.69, 9.17) is 4.55 Å². The molecule has 0 amide bonds. The third-order valence-electron chi connectivity index (χ3n) is 3.62. The number of rotatable bonds is 6. The van der Waals surface area contributed by atoms with E-state index in [9.17, 15) is 8.42 Å². The van der Waals surface area contributed by atoms with Gasteiger partial charge in [0.1, 0.15) is 0 Å². The molecule has 1 aromatic carbocycles. The predicted molar refractivity (Wildman–Crippen MR) is 96.6 cm³/mol. The van der Waals surface area contributed by atoms with E-state index in [0.29, 0.717) is 0 Å². The largest absolute Gasteiger partial charge is 0.302 e. The Balaban J connectivity index is 0.000000254. The Bertz CT molecular complexity index is 603. The number of hydrogen-bond donors (Lipinski definition) is 2. The average Bonchev–Trinajstić information content (AvgIpc) is 2.60. The highest BCUT2D eigenvalue weighted by atomic mass is 32.2. The molecule has 6 nitrogen and oxygen atoms in total. The van der Waals surface area contributed by atoms with Gasteiger partial charge in [0.25, 0.3) is 10.1 Å². The maximum atomic E-state index is 10.4. The van der Waals surface area contributed by atoms with Crippen LogP contribution in [0.4, 0.5) is 0 Å². The molecular weight excluding hydrogens is 326 g/mol. The van der Waals surface area contributed by atoms with E-state index in [1.807, 2.05) is 0 Å². The molecule has 7 heteroatoms. The number of benzene rings is 1. The molecule has 0 aromatic heterocycles. The molecule has 24 heavy (non-hydrogen) atoms. The Morgan fingerprint density at radius 2 is 1.79 bits per heavy atom. The molecule has 0 fully saturated rings. The summed E-state index contributed by atoms with van der Waals surface area (Å²) >= 11 is 0. The van der Waals surface area contributed by atoms with Gasteiger partial charge in [-0.15, -0.1) is 0 Å². The first-order valence-electron chi connectivity index (χ1n) is 8.40. The second-order valence-corrected chi connectivity index (χ2v) is 7.00. The molecule has 0 atom stereocenters. The highest BCUT2D eigenvalue weighted by Crippen LogP contribution is 2.13. The fraction of sp³-hybridized carbons (Fsp3) is 0.529. The third kappa shape index (κ3) is 7.44. The lowest BCUT2D eigenvalue weighted by Gasteiger charge is -2.35. The predicted octanol–water partition coefficient (Wildman–Crippen LogP) is 3.07. The Morgan fingerprint density at radius 1 is 1.12 bits per heavy atom. The minimum Gasteiger partial charge on any atom is -0.302 e. The lowest BCUT2D eigenvalue weighted by molar-refractivity contribution is 0.0568. The summed E-state index contributed by atoms with van der Waals surface area (Å²) in [5.74, 6) is 0. The van der Waals surface area contributed by atoms with E-state index in [0.717, 1.165) is 19.6 Å². The molecule has 0 radical (unpaired) electrons. The Kier molecular flexibility index (Phi) is 8.99. The van der Waals surface area contributed by atoms with Crippen molar-refractivity contribution in [2.24, 2.45) is 0 Å². The van der Waals surface area contributed by atoms with Crippen molar-refractivity contribution in [2.75, 3.05) is 19.6 Å². The smallest absolute Gasteiger partial charge is 0.294 e. The van der Waals surface area contributed by atoms with Crippen LogP contribution in [0.5, 0.6) is 0 Å². The highest BCUT2D eigenvalue weighted by molar-refractivity contribution is 7.85. The van der Waals surface area contributed by atoms with Crippen molar-refractivity contribution >= 4 is 10.1 Å². The van der Waals surface area contributed by atoms with Gasteiger partial charge in [-0.3, -0.25) is 4.55 Å². The van der Waals surface area contributed by atoms with Gasteiger partial charge in [-0.25, -0.2) is 5.01 Å². The van der Waals surface area contributed by atoms with Crippen molar-refractivity contribution in [3.05, 3.63) is 42.1 Å². The molecule has 0 saturated heterocycles. The highest BCUT2D eigenvalue weighted by Gasteiger charge is 2.13. The van der Waals surface area contributed by atoms with E-state index >= 15 is 0 Å². The fourth-order valence-electron chi connectivity index (χ4n) is 2.24. The van der Waals surface area contributed by atoms with Crippen LogP contribution >= 0.6 is 0 Å².